The number of nitrogens with zero attached hydrogens (tertiary/aromatic N) is 4. The number of hydrogen-bond acceptors (Lipinski definition) is 6. The van der Waals surface area contributed by atoms with Gasteiger partial charge >= 0.3 is 0 Å². The minimum absolute atomic E-state index is 0.00941. The minimum atomic E-state index is 0.00941. The van der Waals surface area contributed by atoms with E-state index in [1.54, 1.807) is 18.0 Å². The number of aryl methyl sites for hydroxylation is 1. The Kier molecular flexibility index (Phi) is 8.28. The molecule has 0 aliphatic carbocycles. The van der Waals surface area contributed by atoms with Crippen LogP contribution >= 0.6 is 11.8 Å². The molecule has 2 aromatic heterocycles. The maximum absolute atomic E-state index is 12.3. The number of nitrogens with one attached hydrogen (secondary N) is 2. The van der Waals surface area contributed by atoms with Gasteiger partial charge in [-0.25, -0.2) is 14.6 Å². The highest BCUT2D eigenvalue weighted by Crippen LogP contribution is 2.25. The third-order valence-corrected chi connectivity index (χ3v) is 5.73. The molecule has 3 aromatic rings. The van der Waals surface area contributed by atoms with Crippen LogP contribution in [0.5, 0.6) is 0 Å². The van der Waals surface area contributed by atoms with E-state index in [4.69, 9.17) is 9.97 Å². The molecular weight excluding hydrogens is 408 g/mol. The summed E-state index contributed by atoms with van der Waals surface area (Å²) in [5.74, 6) is 2.32. The van der Waals surface area contributed by atoms with Gasteiger partial charge in [-0.05, 0) is 24.8 Å². The number of aromatic nitrogens is 4. The largest absolute Gasteiger partial charge is 0.369 e. The quantitative estimate of drug-likeness (QED) is 0.345. The molecule has 8 heteroatoms. The van der Waals surface area contributed by atoms with Crippen molar-refractivity contribution in [3.05, 3.63) is 41.6 Å². The lowest BCUT2D eigenvalue weighted by Crippen LogP contribution is -2.29. The number of anilines is 1. The fraction of sp³-hybridized carbons (Fsp3) is 0.478. The van der Waals surface area contributed by atoms with Crippen molar-refractivity contribution in [2.24, 2.45) is 5.92 Å². The van der Waals surface area contributed by atoms with Gasteiger partial charge in [-0.15, -0.1) is 0 Å². The van der Waals surface area contributed by atoms with Crippen LogP contribution < -0.4 is 10.6 Å². The van der Waals surface area contributed by atoms with Crippen LogP contribution in [0.15, 0.2) is 35.6 Å². The van der Waals surface area contributed by atoms with Crippen LogP contribution in [0.4, 0.5) is 5.82 Å². The van der Waals surface area contributed by atoms with Crippen molar-refractivity contribution in [2.45, 2.75) is 52.2 Å². The Morgan fingerprint density at radius 1 is 1.26 bits per heavy atom. The molecule has 1 amide bonds. The van der Waals surface area contributed by atoms with Gasteiger partial charge in [0.05, 0.1) is 24.5 Å². The van der Waals surface area contributed by atoms with E-state index in [1.165, 1.54) is 0 Å². The lowest BCUT2D eigenvalue weighted by Gasteiger charge is -2.11. The Balaban J connectivity index is 1.68. The smallest absolute Gasteiger partial charge is 0.224 e. The lowest BCUT2D eigenvalue weighted by molar-refractivity contribution is -0.120. The van der Waals surface area contributed by atoms with Crippen LogP contribution in [0.1, 0.15) is 38.3 Å². The van der Waals surface area contributed by atoms with Gasteiger partial charge in [-0.2, -0.15) is 5.10 Å². The highest BCUT2D eigenvalue weighted by molar-refractivity contribution is 7.99. The van der Waals surface area contributed by atoms with Crippen molar-refractivity contribution in [1.29, 1.82) is 0 Å². The Morgan fingerprint density at radius 3 is 2.84 bits per heavy atom. The summed E-state index contributed by atoms with van der Waals surface area (Å²) < 4.78 is 1.85. The molecule has 0 saturated carbocycles. The summed E-state index contributed by atoms with van der Waals surface area (Å²) >= 11 is 1.65. The fourth-order valence-corrected chi connectivity index (χ4v) is 3.86. The van der Waals surface area contributed by atoms with Gasteiger partial charge in [-0.3, -0.25) is 4.79 Å². The van der Waals surface area contributed by atoms with Gasteiger partial charge < -0.3 is 10.6 Å². The van der Waals surface area contributed by atoms with Gasteiger partial charge in [-0.1, -0.05) is 62.4 Å². The topological polar surface area (TPSA) is 84.7 Å². The molecule has 0 aliphatic rings. The molecule has 0 saturated heterocycles. The summed E-state index contributed by atoms with van der Waals surface area (Å²) in [5.41, 5.74) is 2.98. The zero-order chi connectivity index (χ0) is 22.2. The third-order valence-electron chi connectivity index (χ3n) is 4.68. The van der Waals surface area contributed by atoms with Crippen molar-refractivity contribution in [2.75, 3.05) is 24.2 Å². The lowest BCUT2D eigenvalue weighted by atomic mass is 10.1. The van der Waals surface area contributed by atoms with Crippen LogP contribution in [-0.4, -0.2) is 44.5 Å². The molecule has 3 rings (SSSR count). The number of carbonyl (C=O) groups excluding carboxylic acids is 1. The maximum atomic E-state index is 12.3. The van der Waals surface area contributed by atoms with Gasteiger partial charge in [0, 0.05) is 18.8 Å². The summed E-state index contributed by atoms with van der Waals surface area (Å²) in [5, 5.41) is 12.6. The molecule has 0 radical (unpaired) electrons. The van der Waals surface area contributed by atoms with Gasteiger partial charge in [0.15, 0.2) is 10.8 Å². The Labute approximate surface area is 188 Å². The molecule has 2 N–H and O–H groups in total. The highest BCUT2D eigenvalue weighted by atomic mass is 32.2. The zero-order valence-electron chi connectivity index (χ0n) is 18.8. The second-order valence-electron chi connectivity index (χ2n) is 8.10. The molecule has 0 bridgehead atoms. The van der Waals surface area contributed by atoms with Crippen molar-refractivity contribution in [1.82, 2.24) is 25.1 Å². The second-order valence-corrected chi connectivity index (χ2v) is 9.16. The first-order valence-corrected chi connectivity index (χ1v) is 11.9. The summed E-state index contributed by atoms with van der Waals surface area (Å²) in [6, 6.07) is 8.03. The molecule has 0 atom stereocenters. The number of carbonyl (C=O) groups is 1. The van der Waals surface area contributed by atoms with E-state index < -0.39 is 0 Å². The summed E-state index contributed by atoms with van der Waals surface area (Å²) in [6.45, 7) is 10.4. The van der Waals surface area contributed by atoms with Gasteiger partial charge in [0.1, 0.15) is 5.82 Å². The van der Waals surface area contributed by atoms with E-state index in [0.717, 1.165) is 51.9 Å². The first-order valence-electron chi connectivity index (χ1n) is 10.9. The van der Waals surface area contributed by atoms with Crippen molar-refractivity contribution in [3.63, 3.8) is 0 Å². The predicted octanol–water partition coefficient (Wildman–Crippen LogP) is 4.06. The summed E-state index contributed by atoms with van der Waals surface area (Å²) in [6.07, 6.45) is 3.25. The zero-order valence-corrected chi connectivity index (χ0v) is 19.6. The molecule has 2 heterocycles. The number of fused-ring (bicyclic) bond motifs is 1. The number of rotatable bonds is 11. The van der Waals surface area contributed by atoms with E-state index in [9.17, 15) is 4.79 Å². The number of benzene rings is 1. The molecule has 31 heavy (non-hydrogen) atoms. The Morgan fingerprint density at radius 2 is 2.10 bits per heavy atom. The molecule has 0 aliphatic heterocycles. The average molecular weight is 441 g/mol. The third kappa shape index (κ3) is 6.69. The van der Waals surface area contributed by atoms with Crippen LogP contribution in [0.2, 0.25) is 0 Å². The normalized spacial score (nSPS) is 11.3. The molecule has 1 aromatic carbocycles. The SMILES string of the molecule is CCCSc1nc(NCC(C)C)c2cnn(CCNC(=O)Cc3cccc(C)c3)c2n1. The molecule has 7 nitrogen and oxygen atoms in total. The van der Waals surface area contributed by atoms with Crippen LogP contribution in [0, 0.1) is 12.8 Å². The standard InChI is InChI=1S/C23H32N6OS/c1-5-11-31-23-27-21(25-14-16(2)3)19-15-26-29(22(19)28-23)10-9-24-20(30)13-18-8-6-7-17(4)12-18/h6-8,12,15-16H,5,9-11,13-14H2,1-4H3,(H,24,30)(H,25,27,28). The van der Waals surface area contributed by atoms with E-state index in [0.29, 0.717) is 25.4 Å². The first kappa shape index (κ1) is 23.1. The van der Waals surface area contributed by atoms with Crippen LogP contribution in [0.3, 0.4) is 0 Å². The van der Waals surface area contributed by atoms with Crippen LogP contribution in [-0.2, 0) is 17.8 Å². The number of hydrogen-bond donors (Lipinski definition) is 2. The fourth-order valence-electron chi connectivity index (χ4n) is 3.16. The second kappa shape index (κ2) is 11.1. The van der Waals surface area contributed by atoms with E-state index in [-0.39, 0.29) is 5.91 Å². The van der Waals surface area contributed by atoms with Gasteiger partial charge in [0.25, 0.3) is 0 Å². The Bertz CT molecular complexity index is 1020. The van der Waals surface area contributed by atoms with Crippen molar-refractivity contribution >= 4 is 34.5 Å². The van der Waals surface area contributed by atoms with Crippen molar-refractivity contribution < 1.29 is 4.79 Å². The molecule has 0 fully saturated rings. The van der Waals surface area contributed by atoms with E-state index >= 15 is 0 Å². The predicted molar refractivity (Wildman–Crippen MR) is 128 cm³/mol. The molecule has 166 valence electrons. The molecule has 0 unspecified atom stereocenters. The first-order chi connectivity index (χ1) is 15.0. The monoisotopic (exact) mass is 440 g/mol. The Hall–Kier alpha value is -2.61. The van der Waals surface area contributed by atoms with Gasteiger partial charge in [0.2, 0.25) is 5.91 Å². The van der Waals surface area contributed by atoms with Crippen molar-refractivity contribution in [3.8, 4) is 0 Å². The number of thioether (sulfide) groups is 1. The number of amides is 1. The van der Waals surface area contributed by atoms with Crippen LogP contribution in [0.25, 0.3) is 11.0 Å². The average Bonchev–Trinajstić information content (AvgIpc) is 3.13. The van der Waals surface area contributed by atoms with E-state index in [2.05, 4.69) is 36.5 Å². The highest BCUT2D eigenvalue weighted by Gasteiger charge is 2.14. The summed E-state index contributed by atoms with van der Waals surface area (Å²) in [4.78, 5) is 21.8. The minimum Gasteiger partial charge on any atom is -0.369 e. The van der Waals surface area contributed by atoms with E-state index in [1.807, 2.05) is 35.9 Å². The molecule has 0 spiro atoms. The maximum Gasteiger partial charge on any atom is 0.224 e. The summed E-state index contributed by atoms with van der Waals surface area (Å²) in [7, 11) is 0. The molecular formula is C23H32N6OS.